The Labute approximate surface area is 140 Å². The molecule has 0 aliphatic carbocycles. The molecule has 124 valence electrons. The van der Waals surface area contributed by atoms with E-state index >= 15 is 0 Å². The number of imidazole rings is 1. The highest BCUT2D eigenvalue weighted by molar-refractivity contribution is 7.92. The number of hydrogen-bond acceptors (Lipinski definition) is 4. The van der Waals surface area contributed by atoms with Gasteiger partial charge in [0.1, 0.15) is 10.6 Å². The number of methoxy groups -OCH3 is 1. The average Bonchev–Trinajstić information content (AvgIpc) is 3.09. The Balaban J connectivity index is 1.96. The molecule has 24 heavy (non-hydrogen) atoms. The first kappa shape index (κ1) is 16.1. The predicted molar refractivity (Wildman–Crippen MR) is 92.6 cm³/mol. The van der Waals surface area contributed by atoms with E-state index in [-0.39, 0.29) is 4.90 Å². The quantitative estimate of drug-likeness (QED) is 0.745. The molecule has 3 aromatic rings. The number of ether oxygens (including phenoxy) is 1. The molecule has 0 fully saturated rings. The summed E-state index contributed by atoms with van der Waals surface area (Å²) in [5.41, 5.74) is 2.95. The molecule has 6 nitrogen and oxygen atoms in total. The van der Waals surface area contributed by atoms with Crippen LogP contribution in [0.4, 0.5) is 5.69 Å². The smallest absolute Gasteiger partial charge is 0.265 e. The molecule has 3 rings (SSSR count). The van der Waals surface area contributed by atoms with Crippen molar-refractivity contribution in [1.29, 1.82) is 0 Å². The van der Waals surface area contributed by atoms with Crippen molar-refractivity contribution in [2.24, 2.45) is 0 Å². The van der Waals surface area contributed by atoms with Crippen molar-refractivity contribution in [1.82, 2.24) is 9.97 Å². The minimum absolute atomic E-state index is 0.108. The fourth-order valence-electron chi connectivity index (χ4n) is 2.37. The number of sulfonamides is 1. The SMILES string of the molecule is COc1ccc(C)cc1S(=O)(=O)Nc1cccc(-c2cnc[nH]2)c1. The van der Waals surface area contributed by atoms with Gasteiger partial charge in [0.2, 0.25) is 0 Å². The summed E-state index contributed by atoms with van der Waals surface area (Å²) >= 11 is 0. The molecule has 0 radical (unpaired) electrons. The molecule has 0 aliphatic heterocycles. The zero-order chi connectivity index (χ0) is 17.2. The van der Waals surface area contributed by atoms with Gasteiger partial charge in [-0.05, 0) is 36.8 Å². The first-order valence-corrected chi connectivity index (χ1v) is 8.74. The Hall–Kier alpha value is -2.80. The Bertz CT molecular complexity index is 951. The number of hydrogen-bond donors (Lipinski definition) is 2. The van der Waals surface area contributed by atoms with Gasteiger partial charge in [-0.3, -0.25) is 4.72 Å². The second-order valence-corrected chi connectivity index (χ2v) is 6.96. The van der Waals surface area contributed by atoms with E-state index in [1.807, 2.05) is 13.0 Å². The number of anilines is 1. The number of nitrogens with one attached hydrogen (secondary N) is 2. The lowest BCUT2D eigenvalue weighted by atomic mass is 10.1. The monoisotopic (exact) mass is 343 g/mol. The van der Waals surface area contributed by atoms with Crippen LogP contribution in [0, 0.1) is 6.92 Å². The minimum atomic E-state index is -3.76. The molecular formula is C17H17N3O3S. The maximum absolute atomic E-state index is 12.7. The van der Waals surface area contributed by atoms with Gasteiger partial charge in [-0.2, -0.15) is 0 Å². The fourth-order valence-corrected chi connectivity index (χ4v) is 3.67. The van der Waals surface area contributed by atoms with Crippen molar-refractivity contribution in [2.75, 3.05) is 11.8 Å². The van der Waals surface area contributed by atoms with Gasteiger partial charge in [-0.15, -0.1) is 0 Å². The van der Waals surface area contributed by atoms with Gasteiger partial charge in [0, 0.05) is 11.3 Å². The third-order valence-electron chi connectivity index (χ3n) is 3.53. The van der Waals surface area contributed by atoms with E-state index in [0.29, 0.717) is 11.4 Å². The van der Waals surface area contributed by atoms with Crippen LogP contribution < -0.4 is 9.46 Å². The van der Waals surface area contributed by atoms with Gasteiger partial charge < -0.3 is 9.72 Å². The number of benzene rings is 2. The summed E-state index contributed by atoms with van der Waals surface area (Å²) in [6, 6.07) is 12.1. The van der Waals surface area contributed by atoms with Gasteiger partial charge in [0.25, 0.3) is 10.0 Å². The zero-order valence-electron chi connectivity index (χ0n) is 13.3. The molecule has 0 amide bonds. The number of nitrogens with zero attached hydrogens (tertiary/aromatic N) is 1. The number of rotatable bonds is 5. The Morgan fingerprint density at radius 3 is 2.71 bits per heavy atom. The largest absolute Gasteiger partial charge is 0.495 e. The van der Waals surface area contributed by atoms with E-state index in [4.69, 9.17) is 4.74 Å². The van der Waals surface area contributed by atoms with Crippen molar-refractivity contribution >= 4 is 15.7 Å². The van der Waals surface area contributed by atoms with Crippen molar-refractivity contribution in [3.63, 3.8) is 0 Å². The molecule has 0 aliphatic rings. The van der Waals surface area contributed by atoms with Crippen LogP contribution >= 0.6 is 0 Å². The molecule has 0 saturated heterocycles. The van der Waals surface area contributed by atoms with E-state index < -0.39 is 10.0 Å². The van der Waals surface area contributed by atoms with E-state index in [0.717, 1.165) is 16.8 Å². The van der Waals surface area contributed by atoms with E-state index in [2.05, 4.69) is 14.7 Å². The van der Waals surface area contributed by atoms with Crippen LogP contribution in [0.1, 0.15) is 5.56 Å². The molecule has 7 heteroatoms. The van der Waals surface area contributed by atoms with Crippen LogP contribution in [0.3, 0.4) is 0 Å². The lowest BCUT2D eigenvalue weighted by Crippen LogP contribution is -2.14. The van der Waals surface area contributed by atoms with Gasteiger partial charge >= 0.3 is 0 Å². The maximum atomic E-state index is 12.7. The number of aromatic amines is 1. The van der Waals surface area contributed by atoms with E-state index in [1.165, 1.54) is 7.11 Å². The summed E-state index contributed by atoms with van der Waals surface area (Å²) in [5, 5.41) is 0. The van der Waals surface area contributed by atoms with Crippen molar-refractivity contribution in [2.45, 2.75) is 11.8 Å². The first-order chi connectivity index (χ1) is 11.5. The highest BCUT2D eigenvalue weighted by Gasteiger charge is 2.20. The van der Waals surface area contributed by atoms with Crippen LogP contribution in [0.25, 0.3) is 11.3 Å². The lowest BCUT2D eigenvalue weighted by Gasteiger charge is -2.13. The van der Waals surface area contributed by atoms with Crippen LogP contribution in [0.2, 0.25) is 0 Å². The Morgan fingerprint density at radius 2 is 2.00 bits per heavy atom. The molecule has 2 aromatic carbocycles. The summed E-state index contributed by atoms with van der Waals surface area (Å²) in [6.45, 7) is 1.83. The second kappa shape index (κ2) is 6.37. The number of aryl methyl sites for hydroxylation is 1. The molecule has 1 heterocycles. The molecule has 0 bridgehead atoms. The van der Waals surface area contributed by atoms with Crippen molar-refractivity contribution in [3.8, 4) is 17.0 Å². The topological polar surface area (TPSA) is 84.1 Å². The third-order valence-corrected chi connectivity index (χ3v) is 4.94. The number of H-pyrrole nitrogens is 1. The fraction of sp³-hybridized carbons (Fsp3) is 0.118. The summed E-state index contributed by atoms with van der Waals surface area (Å²) in [7, 11) is -2.32. The zero-order valence-corrected chi connectivity index (χ0v) is 14.1. The van der Waals surface area contributed by atoms with E-state index in [1.54, 1.807) is 48.9 Å². The first-order valence-electron chi connectivity index (χ1n) is 7.26. The van der Waals surface area contributed by atoms with Crippen molar-refractivity contribution < 1.29 is 13.2 Å². The minimum Gasteiger partial charge on any atom is -0.495 e. The van der Waals surface area contributed by atoms with Crippen LogP contribution in [0.15, 0.2) is 59.9 Å². The third kappa shape index (κ3) is 3.26. The average molecular weight is 343 g/mol. The summed E-state index contributed by atoms with van der Waals surface area (Å²) in [4.78, 5) is 7.07. The maximum Gasteiger partial charge on any atom is 0.265 e. The molecule has 0 saturated carbocycles. The van der Waals surface area contributed by atoms with Gasteiger partial charge in [0.05, 0.1) is 25.3 Å². The summed E-state index contributed by atoms with van der Waals surface area (Å²) in [6.07, 6.45) is 3.25. The van der Waals surface area contributed by atoms with Crippen LogP contribution in [-0.4, -0.2) is 25.5 Å². The highest BCUT2D eigenvalue weighted by atomic mass is 32.2. The molecule has 0 spiro atoms. The summed E-state index contributed by atoms with van der Waals surface area (Å²) < 4.78 is 33.2. The highest BCUT2D eigenvalue weighted by Crippen LogP contribution is 2.28. The Morgan fingerprint density at radius 1 is 1.17 bits per heavy atom. The molecule has 0 unspecified atom stereocenters. The molecule has 2 N–H and O–H groups in total. The van der Waals surface area contributed by atoms with Crippen LogP contribution in [-0.2, 0) is 10.0 Å². The van der Waals surface area contributed by atoms with Crippen LogP contribution in [0.5, 0.6) is 5.75 Å². The van der Waals surface area contributed by atoms with Gasteiger partial charge in [-0.25, -0.2) is 13.4 Å². The molecular weight excluding hydrogens is 326 g/mol. The normalized spacial score (nSPS) is 11.2. The molecule has 0 atom stereocenters. The Kier molecular flexibility index (Phi) is 4.26. The van der Waals surface area contributed by atoms with Crippen molar-refractivity contribution in [3.05, 3.63) is 60.6 Å². The summed E-state index contributed by atoms with van der Waals surface area (Å²) in [5.74, 6) is 0.304. The van der Waals surface area contributed by atoms with Gasteiger partial charge in [-0.1, -0.05) is 18.2 Å². The lowest BCUT2D eigenvalue weighted by molar-refractivity contribution is 0.402. The number of aromatic nitrogens is 2. The standard InChI is InChI=1S/C17H17N3O3S/c1-12-6-7-16(23-2)17(8-12)24(21,22)20-14-5-3-4-13(9-14)15-10-18-11-19-15/h3-11,20H,1-2H3,(H,18,19). The van der Waals surface area contributed by atoms with Gasteiger partial charge in [0.15, 0.2) is 0 Å². The second-order valence-electron chi connectivity index (χ2n) is 5.31. The predicted octanol–water partition coefficient (Wildman–Crippen LogP) is 3.19. The van der Waals surface area contributed by atoms with E-state index in [9.17, 15) is 8.42 Å². The molecule has 1 aromatic heterocycles.